The van der Waals surface area contributed by atoms with E-state index >= 15 is 0 Å². The molecule has 2 atom stereocenters. The Bertz CT molecular complexity index is 1090. The molecule has 3 N–H and O–H groups in total. The number of nitrogens with two attached hydrogens (primary N) is 1. The number of hydrogen-bond donors (Lipinski definition) is 2. The van der Waals surface area contributed by atoms with Crippen molar-refractivity contribution in [3.8, 4) is 0 Å². The molecule has 9 heteroatoms. The number of aryl methyl sites for hydroxylation is 1. The number of carbonyl (C=O) groups excluding carboxylic acids is 2. The van der Waals surface area contributed by atoms with Gasteiger partial charge in [0, 0.05) is 58.1 Å². The van der Waals surface area contributed by atoms with Crippen LogP contribution in [0.1, 0.15) is 55.6 Å². The van der Waals surface area contributed by atoms with Crippen LogP contribution in [0.3, 0.4) is 0 Å². The molecule has 2 saturated heterocycles. The van der Waals surface area contributed by atoms with Crippen molar-refractivity contribution in [1.82, 2.24) is 15.1 Å². The Morgan fingerprint density at radius 2 is 1.67 bits per heavy atom. The lowest BCUT2D eigenvalue weighted by Crippen LogP contribution is -2.45. The van der Waals surface area contributed by atoms with E-state index in [1.165, 1.54) is 21.2 Å². The van der Waals surface area contributed by atoms with E-state index in [2.05, 4.69) is 82.4 Å². The van der Waals surface area contributed by atoms with E-state index in [9.17, 15) is 9.59 Å². The van der Waals surface area contributed by atoms with E-state index < -0.39 is 0 Å². The molecule has 2 fully saturated rings. The number of carbonyl (C=O) groups is 2. The number of benzene rings is 1. The van der Waals surface area contributed by atoms with Gasteiger partial charge in [0.2, 0.25) is 5.91 Å². The van der Waals surface area contributed by atoms with Gasteiger partial charge in [0.1, 0.15) is 0 Å². The first-order valence-electron chi connectivity index (χ1n) is 12.9. The lowest BCUT2D eigenvalue weighted by atomic mass is 9.73. The summed E-state index contributed by atoms with van der Waals surface area (Å²) in [7, 11) is 0. The summed E-state index contributed by atoms with van der Waals surface area (Å²) in [6.45, 7) is 2.95. The van der Waals surface area contributed by atoms with Gasteiger partial charge in [0.15, 0.2) is 0 Å². The summed E-state index contributed by atoms with van der Waals surface area (Å²) < 4.78 is 3.38. The molecule has 2 unspecified atom stereocenters. The van der Waals surface area contributed by atoms with Crippen LogP contribution in [-0.4, -0.2) is 54.0 Å². The summed E-state index contributed by atoms with van der Waals surface area (Å²) >= 11 is 11.3. The zero-order chi connectivity index (χ0) is 25.4. The molecule has 5 rings (SSSR count). The molecule has 194 valence electrons. The Hall–Kier alpha value is -1.32. The zero-order valence-electron chi connectivity index (χ0n) is 20.3. The van der Waals surface area contributed by atoms with Gasteiger partial charge in [-0.25, -0.2) is 4.79 Å². The molecule has 1 aliphatic carbocycles. The molecule has 6 nitrogen and oxygen atoms in total. The largest absolute Gasteiger partial charge is 0.383 e. The second-order valence-corrected chi connectivity index (χ2v) is 13.3. The number of dihydropyridines is 1. The standard InChI is InChI=1S/C27H33Br3N4O2/c28-20-12-18-1-2-19-13-21(29)15-32-26(19)25(24(18)22(30)14-20)17-5-9-33(10-6-17)23(35)11-16-3-7-34(8-4-16)27(31)36/h12-17,25-26,32H,1-11H2,(H2,31,36). The number of allylic oxidation sites excluding steroid dienone is 2. The quantitative estimate of drug-likeness (QED) is 0.423. The molecule has 3 amide bonds. The van der Waals surface area contributed by atoms with Crippen LogP contribution >= 0.6 is 47.8 Å². The lowest BCUT2D eigenvalue weighted by Gasteiger charge is -2.41. The number of fused-ring (bicyclic) bond motifs is 2. The van der Waals surface area contributed by atoms with Gasteiger partial charge in [0.05, 0.1) is 6.04 Å². The molecule has 0 bridgehead atoms. The van der Waals surface area contributed by atoms with Crippen molar-refractivity contribution in [3.05, 3.63) is 54.5 Å². The van der Waals surface area contributed by atoms with Gasteiger partial charge < -0.3 is 20.9 Å². The first-order valence-corrected chi connectivity index (χ1v) is 15.3. The average molecular weight is 685 g/mol. The van der Waals surface area contributed by atoms with Crippen molar-refractivity contribution in [2.45, 2.75) is 56.9 Å². The zero-order valence-corrected chi connectivity index (χ0v) is 25.1. The highest BCUT2D eigenvalue weighted by atomic mass is 79.9. The second-order valence-electron chi connectivity index (χ2n) is 10.6. The van der Waals surface area contributed by atoms with E-state index in [0.29, 0.717) is 37.3 Å². The molecule has 0 saturated carbocycles. The highest BCUT2D eigenvalue weighted by molar-refractivity contribution is 9.12. The smallest absolute Gasteiger partial charge is 0.314 e. The van der Waals surface area contributed by atoms with E-state index in [-0.39, 0.29) is 18.0 Å². The van der Waals surface area contributed by atoms with E-state index in [0.717, 1.165) is 60.6 Å². The van der Waals surface area contributed by atoms with Crippen LogP contribution in [-0.2, 0) is 11.2 Å². The minimum Gasteiger partial charge on any atom is -0.383 e. The third kappa shape index (κ3) is 5.58. The number of nitrogens with zero attached hydrogens (tertiary/aromatic N) is 2. The summed E-state index contributed by atoms with van der Waals surface area (Å²) in [4.78, 5) is 28.3. The Labute approximate surface area is 238 Å². The van der Waals surface area contributed by atoms with Crippen LogP contribution in [0, 0.1) is 11.8 Å². The fraction of sp³-hybridized carbons (Fsp3) is 0.556. The first-order chi connectivity index (χ1) is 17.3. The molecular weight excluding hydrogens is 652 g/mol. The summed E-state index contributed by atoms with van der Waals surface area (Å²) in [5.41, 5.74) is 9.70. The van der Waals surface area contributed by atoms with Crippen LogP contribution in [0.15, 0.2) is 43.4 Å². The number of piperidine rings is 2. The summed E-state index contributed by atoms with van der Waals surface area (Å²) in [5.74, 6) is 1.45. The number of primary amides is 1. The average Bonchev–Trinajstić information content (AvgIpc) is 3.01. The maximum atomic E-state index is 13.1. The van der Waals surface area contributed by atoms with Crippen LogP contribution in [0.2, 0.25) is 0 Å². The minimum absolute atomic E-state index is 0.264. The van der Waals surface area contributed by atoms with Crippen molar-refractivity contribution in [3.63, 3.8) is 0 Å². The Balaban J connectivity index is 1.28. The third-order valence-corrected chi connectivity index (χ3v) is 10.0. The van der Waals surface area contributed by atoms with Gasteiger partial charge >= 0.3 is 6.03 Å². The fourth-order valence-corrected chi connectivity index (χ4v) is 8.56. The van der Waals surface area contributed by atoms with Gasteiger partial charge in [-0.05, 0) is 101 Å². The summed E-state index contributed by atoms with van der Waals surface area (Å²) in [6.07, 6.45) is 10.8. The molecular formula is C27H33Br3N4O2. The van der Waals surface area contributed by atoms with Gasteiger partial charge in [0.25, 0.3) is 0 Å². The Kier molecular flexibility index (Phi) is 8.18. The topological polar surface area (TPSA) is 78.7 Å². The minimum atomic E-state index is -0.353. The number of amides is 3. The second kappa shape index (κ2) is 11.2. The Morgan fingerprint density at radius 3 is 2.36 bits per heavy atom. The number of hydrogen-bond acceptors (Lipinski definition) is 3. The van der Waals surface area contributed by atoms with Gasteiger partial charge in [-0.3, -0.25) is 4.79 Å². The van der Waals surface area contributed by atoms with Gasteiger partial charge in [-0.2, -0.15) is 0 Å². The first kappa shape index (κ1) is 26.3. The third-order valence-electron chi connectivity index (χ3n) is 8.47. The lowest BCUT2D eigenvalue weighted by molar-refractivity contribution is -0.134. The summed E-state index contributed by atoms with van der Waals surface area (Å²) in [5, 5.41) is 3.71. The van der Waals surface area contributed by atoms with E-state index in [1.807, 2.05) is 0 Å². The molecule has 0 radical (unpaired) electrons. The van der Waals surface area contributed by atoms with Crippen LogP contribution in [0.5, 0.6) is 0 Å². The molecule has 3 aliphatic heterocycles. The molecule has 1 aromatic rings. The predicted molar refractivity (Wildman–Crippen MR) is 153 cm³/mol. The maximum Gasteiger partial charge on any atom is 0.314 e. The number of halogens is 3. The maximum absolute atomic E-state index is 13.1. The van der Waals surface area contributed by atoms with Crippen molar-refractivity contribution in [1.29, 1.82) is 0 Å². The van der Waals surface area contributed by atoms with Gasteiger partial charge in [-0.15, -0.1) is 0 Å². The monoisotopic (exact) mass is 682 g/mol. The summed E-state index contributed by atoms with van der Waals surface area (Å²) in [6, 6.07) is 4.38. The fourth-order valence-electron chi connectivity index (χ4n) is 6.56. The van der Waals surface area contributed by atoms with Crippen molar-refractivity contribution in [2.24, 2.45) is 17.6 Å². The molecule has 0 spiro atoms. The van der Waals surface area contributed by atoms with Gasteiger partial charge in [-0.1, -0.05) is 31.9 Å². The number of likely N-dealkylation sites (tertiary alicyclic amines) is 2. The Morgan fingerprint density at radius 1 is 0.972 bits per heavy atom. The molecule has 4 aliphatic rings. The van der Waals surface area contributed by atoms with E-state index in [1.54, 1.807) is 4.90 Å². The van der Waals surface area contributed by atoms with Crippen molar-refractivity contribution < 1.29 is 9.59 Å². The number of urea groups is 1. The highest BCUT2D eigenvalue weighted by Gasteiger charge is 2.40. The molecule has 36 heavy (non-hydrogen) atoms. The molecule has 1 aromatic carbocycles. The highest BCUT2D eigenvalue weighted by Crippen LogP contribution is 2.47. The SMILES string of the molecule is NC(=O)N1CCC(CC(=O)N2CCC(C3c4c(Br)cc(Br)cc4CCC4=CC(Br)=CNC43)CC2)CC1. The molecule has 3 heterocycles. The van der Waals surface area contributed by atoms with Crippen molar-refractivity contribution >= 4 is 59.7 Å². The van der Waals surface area contributed by atoms with Crippen LogP contribution < -0.4 is 11.1 Å². The number of rotatable bonds is 3. The van der Waals surface area contributed by atoms with Crippen molar-refractivity contribution in [2.75, 3.05) is 26.2 Å². The van der Waals surface area contributed by atoms with Crippen LogP contribution in [0.25, 0.3) is 0 Å². The normalized spacial score (nSPS) is 25.2. The van der Waals surface area contributed by atoms with Crippen LogP contribution in [0.4, 0.5) is 4.79 Å². The molecule has 0 aromatic heterocycles. The van der Waals surface area contributed by atoms with E-state index in [4.69, 9.17) is 5.73 Å². The predicted octanol–water partition coefficient (Wildman–Crippen LogP) is 5.80. The number of nitrogens with one attached hydrogen (secondary N) is 1.